The van der Waals surface area contributed by atoms with Crippen molar-refractivity contribution in [2.45, 2.75) is 40.5 Å². The van der Waals surface area contributed by atoms with Crippen LogP contribution in [0.4, 0.5) is 0 Å². The van der Waals surface area contributed by atoms with Crippen molar-refractivity contribution >= 4 is 0 Å². The third kappa shape index (κ3) is 2.27. The lowest BCUT2D eigenvalue weighted by atomic mass is 9.76. The van der Waals surface area contributed by atoms with E-state index in [-0.39, 0.29) is 5.41 Å². The van der Waals surface area contributed by atoms with Gasteiger partial charge in [0.15, 0.2) is 0 Å². The molecule has 1 saturated carbocycles. The molecule has 0 aromatic heterocycles. The average Bonchev–Trinajstić information content (AvgIpc) is 2.64. The summed E-state index contributed by atoms with van der Waals surface area (Å²) in [5, 5.41) is 0. The molecule has 0 saturated heterocycles. The number of fused-ring (bicyclic) bond motifs is 1. The minimum atomic E-state index is 0.287. The van der Waals surface area contributed by atoms with Crippen LogP contribution in [0.5, 0.6) is 0 Å². The van der Waals surface area contributed by atoms with E-state index in [1.807, 2.05) is 0 Å². The Kier molecular flexibility index (Phi) is 3.34. The molecule has 0 spiro atoms. The van der Waals surface area contributed by atoms with Gasteiger partial charge in [0.05, 0.1) is 0 Å². The minimum absolute atomic E-state index is 0.287. The molecule has 0 amide bonds. The lowest BCUT2D eigenvalue weighted by Gasteiger charge is -2.29. The molecule has 2 aliphatic rings. The first-order valence-electron chi connectivity index (χ1n) is 7.00. The van der Waals surface area contributed by atoms with Crippen molar-refractivity contribution in [3.63, 3.8) is 0 Å². The summed E-state index contributed by atoms with van der Waals surface area (Å²) in [6.07, 6.45) is 12.2. The van der Waals surface area contributed by atoms with Crippen LogP contribution < -0.4 is 0 Å². The number of allylic oxidation sites excluding steroid dienone is 5. The average molecular weight is 230 g/mol. The molecule has 2 aliphatic carbocycles. The molecule has 0 aromatic carbocycles. The highest BCUT2D eigenvalue weighted by molar-refractivity contribution is 5.32. The van der Waals surface area contributed by atoms with E-state index in [9.17, 15) is 0 Å². The van der Waals surface area contributed by atoms with E-state index in [0.29, 0.717) is 0 Å². The van der Waals surface area contributed by atoms with Gasteiger partial charge in [0, 0.05) is 0 Å². The van der Waals surface area contributed by atoms with Crippen molar-refractivity contribution in [1.29, 1.82) is 0 Å². The van der Waals surface area contributed by atoms with Crippen molar-refractivity contribution in [3.05, 3.63) is 36.5 Å². The van der Waals surface area contributed by atoms with E-state index in [1.165, 1.54) is 18.4 Å². The summed E-state index contributed by atoms with van der Waals surface area (Å²) in [6.45, 7) is 13.3. The molecule has 0 bridgehead atoms. The first-order valence-corrected chi connectivity index (χ1v) is 7.00. The second kappa shape index (κ2) is 4.48. The molecule has 0 aromatic rings. The molecule has 2 rings (SSSR count). The Hall–Kier alpha value is -0.780. The summed E-state index contributed by atoms with van der Waals surface area (Å²) in [5.74, 6) is 3.04. The van der Waals surface area contributed by atoms with Gasteiger partial charge in [-0.1, -0.05) is 58.4 Å². The van der Waals surface area contributed by atoms with Crippen LogP contribution >= 0.6 is 0 Å². The second-order valence-corrected chi connectivity index (χ2v) is 6.68. The van der Waals surface area contributed by atoms with E-state index in [0.717, 1.165) is 23.7 Å². The largest absolute Gasteiger partial charge is 0.103 e. The molecule has 0 aliphatic heterocycles. The zero-order chi connectivity index (χ0) is 12.6. The van der Waals surface area contributed by atoms with E-state index >= 15 is 0 Å². The normalized spacial score (nSPS) is 36.6. The smallest absolute Gasteiger partial charge is 0.0133 e. The van der Waals surface area contributed by atoms with Gasteiger partial charge >= 0.3 is 0 Å². The fraction of sp³-hybridized carbons (Fsp3) is 0.647. The van der Waals surface area contributed by atoms with Crippen molar-refractivity contribution in [1.82, 2.24) is 0 Å². The van der Waals surface area contributed by atoms with Gasteiger partial charge in [0.1, 0.15) is 0 Å². The second-order valence-electron chi connectivity index (χ2n) is 6.68. The lowest BCUT2D eigenvalue weighted by Crippen LogP contribution is -2.19. The molecule has 0 heterocycles. The van der Waals surface area contributed by atoms with Crippen LogP contribution in [0.25, 0.3) is 0 Å². The predicted molar refractivity (Wildman–Crippen MR) is 75.7 cm³/mol. The molecule has 1 fully saturated rings. The number of hydrogen-bond acceptors (Lipinski definition) is 0. The fourth-order valence-corrected chi connectivity index (χ4v) is 3.56. The van der Waals surface area contributed by atoms with Gasteiger partial charge in [-0.15, -0.1) is 6.58 Å². The zero-order valence-electron chi connectivity index (χ0n) is 11.7. The van der Waals surface area contributed by atoms with Crippen LogP contribution in [0.1, 0.15) is 40.5 Å². The van der Waals surface area contributed by atoms with Crippen molar-refractivity contribution in [2.75, 3.05) is 0 Å². The first-order chi connectivity index (χ1) is 7.97. The van der Waals surface area contributed by atoms with Crippen molar-refractivity contribution in [3.8, 4) is 0 Å². The molecule has 0 radical (unpaired) electrons. The van der Waals surface area contributed by atoms with Crippen LogP contribution in [-0.4, -0.2) is 0 Å². The number of rotatable bonds is 2. The maximum absolute atomic E-state index is 4.02. The maximum atomic E-state index is 4.02. The molecular formula is C17H26. The van der Waals surface area contributed by atoms with Gasteiger partial charge < -0.3 is 0 Å². The molecule has 17 heavy (non-hydrogen) atoms. The molecule has 94 valence electrons. The van der Waals surface area contributed by atoms with Gasteiger partial charge in [-0.25, -0.2) is 0 Å². The third-order valence-corrected chi connectivity index (χ3v) is 4.61. The molecular weight excluding hydrogens is 204 g/mol. The Bertz CT molecular complexity index is 351. The van der Waals surface area contributed by atoms with Gasteiger partial charge in [0.25, 0.3) is 0 Å². The van der Waals surface area contributed by atoms with Crippen LogP contribution in [0.15, 0.2) is 36.5 Å². The highest BCUT2D eigenvalue weighted by atomic mass is 14.4. The summed E-state index contributed by atoms with van der Waals surface area (Å²) in [4.78, 5) is 0. The van der Waals surface area contributed by atoms with Gasteiger partial charge in [-0.05, 0) is 41.1 Å². The van der Waals surface area contributed by atoms with E-state index in [4.69, 9.17) is 0 Å². The van der Waals surface area contributed by atoms with Crippen molar-refractivity contribution in [2.24, 2.45) is 29.1 Å². The monoisotopic (exact) mass is 230 g/mol. The van der Waals surface area contributed by atoms with Gasteiger partial charge in [0.2, 0.25) is 0 Å². The predicted octanol–water partition coefficient (Wildman–Crippen LogP) is 4.99. The minimum Gasteiger partial charge on any atom is -0.103 e. The standard InChI is InChI=1S/C17H26/c1-6-12-10-13-11-14(17(3,4)5)8-9-16(13)15(12)7-2/h6,8-9,11-13,15-16H,1,7,10H2,2-5H3. The van der Waals surface area contributed by atoms with Gasteiger partial charge in [-0.2, -0.15) is 0 Å². The van der Waals surface area contributed by atoms with Crippen molar-refractivity contribution < 1.29 is 0 Å². The summed E-state index contributed by atoms with van der Waals surface area (Å²) in [6, 6.07) is 0. The maximum Gasteiger partial charge on any atom is -0.0133 e. The van der Waals surface area contributed by atoms with Crippen LogP contribution in [0.2, 0.25) is 0 Å². The molecule has 0 N–H and O–H groups in total. The zero-order valence-corrected chi connectivity index (χ0v) is 11.7. The fourth-order valence-electron chi connectivity index (χ4n) is 3.56. The Morgan fingerprint density at radius 2 is 2.12 bits per heavy atom. The molecule has 4 unspecified atom stereocenters. The summed E-state index contributed by atoms with van der Waals surface area (Å²) in [7, 11) is 0. The Morgan fingerprint density at radius 3 is 2.65 bits per heavy atom. The molecule has 4 atom stereocenters. The summed E-state index contributed by atoms with van der Waals surface area (Å²) < 4.78 is 0. The Balaban J connectivity index is 2.23. The van der Waals surface area contributed by atoms with Gasteiger partial charge in [-0.3, -0.25) is 0 Å². The van der Waals surface area contributed by atoms with E-state index in [1.54, 1.807) is 0 Å². The highest BCUT2D eigenvalue weighted by Gasteiger charge is 2.40. The van der Waals surface area contributed by atoms with E-state index in [2.05, 4.69) is 58.6 Å². The highest BCUT2D eigenvalue weighted by Crippen LogP contribution is 2.48. The van der Waals surface area contributed by atoms with E-state index < -0.39 is 0 Å². The topological polar surface area (TPSA) is 0 Å². The Labute approximate surface area is 106 Å². The number of hydrogen-bond donors (Lipinski definition) is 0. The Morgan fingerprint density at radius 1 is 1.41 bits per heavy atom. The van der Waals surface area contributed by atoms with Crippen LogP contribution in [0, 0.1) is 29.1 Å². The van der Waals surface area contributed by atoms with Crippen LogP contribution in [0.3, 0.4) is 0 Å². The molecule has 0 heteroatoms. The SMILES string of the molecule is C=CC1CC2C=C(C(C)(C)C)C=CC2C1CC. The van der Waals surface area contributed by atoms with Crippen LogP contribution in [-0.2, 0) is 0 Å². The third-order valence-electron chi connectivity index (χ3n) is 4.61. The lowest BCUT2D eigenvalue weighted by molar-refractivity contribution is 0.366. The first kappa shape index (κ1) is 12.7. The molecule has 0 nitrogen and oxygen atoms in total. The summed E-state index contributed by atoms with van der Waals surface area (Å²) in [5.41, 5.74) is 1.80. The summed E-state index contributed by atoms with van der Waals surface area (Å²) >= 11 is 0. The quantitative estimate of drug-likeness (QED) is 0.586.